The molecule has 0 bridgehead atoms. The maximum atomic E-state index is 11.7. The Morgan fingerprint density at radius 1 is 0.846 bits per heavy atom. The number of rotatable bonds is 13. The molecule has 39 heavy (non-hydrogen) atoms. The van der Waals surface area contributed by atoms with Gasteiger partial charge >= 0.3 is 26.7 Å². The Labute approximate surface area is 225 Å². The lowest BCUT2D eigenvalue weighted by Gasteiger charge is -2.45. The van der Waals surface area contributed by atoms with E-state index in [1.54, 1.807) is 0 Å². The number of aliphatic hydroxyl groups is 2. The third kappa shape index (κ3) is 9.76. The lowest BCUT2D eigenvalue weighted by molar-refractivity contribution is -0.207. The normalized spacial score (nSPS) is 36.5. The van der Waals surface area contributed by atoms with E-state index >= 15 is 0 Å². The molecule has 230 valence electrons. The molecule has 0 aromatic carbocycles. The minimum absolute atomic E-state index is 0.461. The molecule has 0 aliphatic carbocycles. The Kier molecular flexibility index (Phi) is 11.6. The number of carbonyl (C=O) groups is 1. The van der Waals surface area contributed by atoms with Gasteiger partial charge in [-0.2, -0.15) is 30.0 Å². The fraction of sp³-hybridized carbons (Fsp3) is 0.944. The van der Waals surface area contributed by atoms with Crippen molar-refractivity contribution in [3.05, 3.63) is 0 Å². The van der Waals surface area contributed by atoms with Gasteiger partial charge in [-0.1, -0.05) is 13.8 Å². The van der Waals surface area contributed by atoms with Crippen LogP contribution in [0, 0.1) is 23.7 Å². The predicted octanol–water partition coefficient (Wildman–Crippen LogP) is -3.05. The first-order chi connectivity index (χ1) is 17.8. The third-order valence-corrected chi connectivity index (χ3v) is 8.64. The summed E-state index contributed by atoms with van der Waals surface area (Å²) in [5.74, 6) is -6.50. The molecular weight excluding hydrogens is 598 g/mol. The number of nitrogens with one attached hydrogen (secondary N) is 1. The van der Waals surface area contributed by atoms with Crippen LogP contribution in [0.3, 0.4) is 0 Å². The van der Waals surface area contributed by atoms with Gasteiger partial charge < -0.3 is 29.5 Å². The molecule has 4 unspecified atom stereocenters. The number of hydrogen-bond donors (Lipinski definition) is 7. The topological polar surface area (TPSA) is 290 Å². The SMILES string of the molecule is C[C@H]1C(OS(=O)(=O)O)[C@H](COC[C@@H]2C(CS(=O)(=O)O)O[C@H](CO)C(NS(=O)(=O)O)[C@@H]2C)OC(C(=O)O)[C@H]1CO. The summed E-state index contributed by atoms with van der Waals surface area (Å²) in [6.45, 7) is 0.222. The smallest absolute Gasteiger partial charge is 0.397 e. The molecule has 2 heterocycles. The summed E-state index contributed by atoms with van der Waals surface area (Å²) in [4.78, 5) is 11.7. The summed E-state index contributed by atoms with van der Waals surface area (Å²) in [5.41, 5.74) is 0. The van der Waals surface area contributed by atoms with E-state index in [-0.39, 0.29) is 0 Å². The second kappa shape index (κ2) is 13.3. The molecule has 2 saturated heterocycles. The van der Waals surface area contributed by atoms with Crippen molar-refractivity contribution in [3.63, 3.8) is 0 Å². The molecule has 21 heteroatoms. The second-order valence-electron chi connectivity index (χ2n) is 9.45. The van der Waals surface area contributed by atoms with Gasteiger partial charge in [0.2, 0.25) is 0 Å². The van der Waals surface area contributed by atoms with Crippen LogP contribution < -0.4 is 4.72 Å². The van der Waals surface area contributed by atoms with Crippen LogP contribution in [0.5, 0.6) is 0 Å². The zero-order valence-corrected chi connectivity index (χ0v) is 23.2. The minimum Gasteiger partial charge on any atom is -0.479 e. The molecular formula is C18H33NO17S3. The lowest BCUT2D eigenvalue weighted by Crippen LogP contribution is -2.60. The average molecular weight is 632 g/mol. The Morgan fingerprint density at radius 3 is 1.92 bits per heavy atom. The van der Waals surface area contributed by atoms with E-state index in [0.29, 0.717) is 0 Å². The summed E-state index contributed by atoms with van der Waals surface area (Å²) in [6.07, 6.45) is -7.26. The first-order valence-electron chi connectivity index (χ1n) is 11.5. The number of carboxylic acid groups (broad SMARTS) is 1. The average Bonchev–Trinajstić information content (AvgIpc) is 2.76. The van der Waals surface area contributed by atoms with E-state index in [9.17, 15) is 59.0 Å². The number of carboxylic acids is 1. The molecule has 0 aromatic heterocycles. The monoisotopic (exact) mass is 631 g/mol. The van der Waals surface area contributed by atoms with E-state index in [1.807, 2.05) is 4.72 Å². The fourth-order valence-corrected chi connectivity index (χ4v) is 7.00. The van der Waals surface area contributed by atoms with Crippen molar-refractivity contribution in [3.8, 4) is 0 Å². The van der Waals surface area contributed by atoms with Crippen molar-refractivity contribution in [1.29, 1.82) is 0 Å². The third-order valence-electron chi connectivity index (χ3n) is 6.86. The maximum Gasteiger partial charge on any atom is 0.397 e. The minimum atomic E-state index is -5.07. The van der Waals surface area contributed by atoms with Gasteiger partial charge in [0, 0.05) is 18.4 Å². The standard InChI is InChI=1S/C18H33NO17S3/c1-8-11(14(7-37(24,25)26)34-12(4-21)15(8)19-38(27,28)29)5-33-6-13-16(36-39(30,31)32)9(2)10(3-20)17(35-13)18(22)23/h8-17,19-21H,3-7H2,1-2H3,(H,22,23)(H,24,25,26)(H,27,28,29)(H,30,31,32)/t8-,9-,10+,11+,12-,13+,14?,15?,16?,17?/m1/s1. The van der Waals surface area contributed by atoms with Crippen LogP contribution in [0.15, 0.2) is 0 Å². The highest BCUT2D eigenvalue weighted by Crippen LogP contribution is 2.35. The van der Waals surface area contributed by atoms with Crippen LogP contribution in [0.25, 0.3) is 0 Å². The molecule has 0 radical (unpaired) electrons. The van der Waals surface area contributed by atoms with Crippen molar-refractivity contribution >= 4 is 36.8 Å². The fourth-order valence-electron chi connectivity index (χ4n) is 4.97. The molecule has 0 saturated carbocycles. The number of hydrogen-bond acceptors (Lipinski definition) is 13. The van der Waals surface area contributed by atoms with E-state index in [1.165, 1.54) is 13.8 Å². The van der Waals surface area contributed by atoms with Crippen molar-refractivity contribution < 1.29 is 77.4 Å². The maximum absolute atomic E-state index is 11.7. The molecule has 2 rings (SSSR count). The molecule has 2 aliphatic rings. The Bertz CT molecular complexity index is 1160. The molecule has 0 aromatic rings. The zero-order chi connectivity index (χ0) is 29.9. The van der Waals surface area contributed by atoms with Crippen molar-refractivity contribution in [2.45, 2.75) is 50.4 Å². The first kappa shape index (κ1) is 34.1. The van der Waals surface area contributed by atoms with Gasteiger partial charge in [-0.15, -0.1) is 0 Å². The molecule has 2 fully saturated rings. The van der Waals surface area contributed by atoms with Crippen LogP contribution in [0.2, 0.25) is 0 Å². The molecule has 0 spiro atoms. The van der Waals surface area contributed by atoms with Crippen LogP contribution in [0.1, 0.15) is 13.8 Å². The van der Waals surface area contributed by atoms with Crippen molar-refractivity contribution in [2.24, 2.45) is 23.7 Å². The lowest BCUT2D eigenvalue weighted by atomic mass is 9.79. The van der Waals surface area contributed by atoms with Crippen molar-refractivity contribution in [2.75, 3.05) is 32.2 Å². The van der Waals surface area contributed by atoms with Crippen LogP contribution >= 0.6 is 0 Å². The summed E-state index contributed by atoms with van der Waals surface area (Å²) in [5, 5.41) is 28.7. The second-order valence-corrected chi connectivity index (χ2v) is 13.2. The highest BCUT2D eigenvalue weighted by molar-refractivity contribution is 7.85. The molecule has 2 aliphatic heterocycles. The van der Waals surface area contributed by atoms with Gasteiger partial charge in [-0.3, -0.25) is 13.7 Å². The van der Waals surface area contributed by atoms with Crippen LogP contribution in [-0.2, 0) is 54.0 Å². The Hall–Kier alpha value is -1.08. The molecule has 7 N–H and O–H groups in total. The van der Waals surface area contributed by atoms with Crippen LogP contribution in [0.4, 0.5) is 0 Å². The predicted molar refractivity (Wildman–Crippen MR) is 127 cm³/mol. The number of aliphatic hydroxyl groups excluding tert-OH is 2. The summed E-state index contributed by atoms with van der Waals surface area (Å²) in [7, 11) is -14.5. The Balaban J connectivity index is 2.30. The number of aliphatic carboxylic acids is 1. The van der Waals surface area contributed by atoms with Gasteiger partial charge in [0.05, 0.1) is 38.1 Å². The zero-order valence-electron chi connectivity index (χ0n) is 20.7. The van der Waals surface area contributed by atoms with Gasteiger partial charge in [0.25, 0.3) is 10.1 Å². The van der Waals surface area contributed by atoms with E-state index in [0.717, 1.165) is 0 Å². The molecule has 18 nitrogen and oxygen atoms in total. The number of ether oxygens (including phenoxy) is 3. The van der Waals surface area contributed by atoms with E-state index in [4.69, 9.17) is 14.2 Å². The summed E-state index contributed by atoms with van der Waals surface area (Å²) < 4.78 is 120. The summed E-state index contributed by atoms with van der Waals surface area (Å²) in [6, 6.07) is -1.28. The van der Waals surface area contributed by atoms with Crippen LogP contribution in [-0.4, -0.2) is 129 Å². The van der Waals surface area contributed by atoms with Crippen molar-refractivity contribution in [1.82, 2.24) is 4.72 Å². The van der Waals surface area contributed by atoms with E-state index in [2.05, 4.69) is 4.18 Å². The highest BCUT2D eigenvalue weighted by Gasteiger charge is 2.49. The molecule has 0 amide bonds. The Morgan fingerprint density at radius 2 is 1.46 bits per heavy atom. The summed E-state index contributed by atoms with van der Waals surface area (Å²) >= 11 is 0. The quantitative estimate of drug-likeness (QED) is 0.0993. The van der Waals surface area contributed by atoms with Gasteiger partial charge in [0.1, 0.15) is 18.0 Å². The molecule has 10 atom stereocenters. The highest BCUT2D eigenvalue weighted by atomic mass is 32.3. The van der Waals surface area contributed by atoms with Gasteiger partial charge in [-0.25, -0.2) is 8.98 Å². The van der Waals surface area contributed by atoms with E-state index < -0.39 is 129 Å². The van der Waals surface area contributed by atoms with Gasteiger partial charge in [0.15, 0.2) is 6.10 Å². The van der Waals surface area contributed by atoms with Gasteiger partial charge in [-0.05, 0) is 11.8 Å². The first-order valence-corrected chi connectivity index (χ1v) is 15.9. The largest absolute Gasteiger partial charge is 0.479 e.